The maximum atomic E-state index is 11.6. The molecule has 0 radical (unpaired) electrons. The summed E-state index contributed by atoms with van der Waals surface area (Å²) in [6, 6.07) is 0. The lowest BCUT2D eigenvalue weighted by atomic mass is 9.96. The Labute approximate surface area is 118 Å². The molecule has 0 aromatic carbocycles. The lowest BCUT2D eigenvalue weighted by Gasteiger charge is -2.21. The van der Waals surface area contributed by atoms with E-state index in [4.69, 9.17) is 19.7 Å². The van der Waals surface area contributed by atoms with E-state index in [0.717, 1.165) is 6.08 Å². The van der Waals surface area contributed by atoms with Gasteiger partial charge in [0.05, 0.1) is 19.3 Å². The van der Waals surface area contributed by atoms with Gasteiger partial charge in [-0.1, -0.05) is 20.8 Å². The molecule has 0 amide bonds. The number of carbonyl (C=O) groups is 2. The van der Waals surface area contributed by atoms with Gasteiger partial charge in [0.15, 0.2) is 0 Å². The number of amidine groups is 1. The standard InChI is InChI=1S/C13H22N2O5/c1-6-18-10(16)8-9(11(17)19-7-2)20-15-12(14)13(3,4)5/h8H,6-7H2,1-5H3,(H2,14,15). The Morgan fingerprint density at radius 2 is 1.70 bits per heavy atom. The van der Waals surface area contributed by atoms with E-state index in [9.17, 15) is 9.59 Å². The third-order valence-corrected chi connectivity index (χ3v) is 2.03. The molecule has 0 aromatic rings. The summed E-state index contributed by atoms with van der Waals surface area (Å²) in [5.74, 6) is -1.84. The number of hydrogen-bond donors (Lipinski definition) is 2. The molecule has 0 aliphatic carbocycles. The van der Waals surface area contributed by atoms with Gasteiger partial charge in [-0.15, -0.1) is 0 Å². The van der Waals surface area contributed by atoms with Crippen molar-refractivity contribution >= 4 is 17.8 Å². The molecule has 7 heteroatoms. The summed E-state index contributed by atoms with van der Waals surface area (Å²) in [6.45, 7) is 8.98. The summed E-state index contributed by atoms with van der Waals surface area (Å²) in [5.41, 5.74) is 1.83. The highest BCUT2D eigenvalue weighted by atomic mass is 16.7. The fourth-order valence-corrected chi connectivity index (χ4v) is 0.882. The fourth-order valence-electron chi connectivity index (χ4n) is 0.882. The molecule has 0 aliphatic rings. The van der Waals surface area contributed by atoms with Crippen molar-refractivity contribution in [2.45, 2.75) is 34.6 Å². The zero-order valence-corrected chi connectivity index (χ0v) is 12.5. The molecule has 114 valence electrons. The number of hydroxylamine groups is 1. The maximum Gasteiger partial charge on any atom is 0.377 e. The Balaban J connectivity index is 4.83. The largest absolute Gasteiger partial charge is 0.463 e. The minimum atomic E-state index is -0.810. The van der Waals surface area contributed by atoms with Gasteiger partial charge in [0.25, 0.3) is 0 Å². The molecular weight excluding hydrogens is 264 g/mol. The van der Waals surface area contributed by atoms with E-state index < -0.39 is 17.4 Å². The molecular formula is C13H22N2O5. The minimum absolute atomic E-state index is 0.0524. The van der Waals surface area contributed by atoms with E-state index in [2.05, 4.69) is 5.48 Å². The molecule has 0 aliphatic heterocycles. The smallest absolute Gasteiger partial charge is 0.377 e. The molecule has 20 heavy (non-hydrogen) atoms. The average Bonchev–Trinajstić information content (AvgIpc) is 2.33. The average molecular weight is 286 g/mol. The van der Waals surface area contributed by atoms with Crippen molar-refractivity contribution in [2.75, 3.05) is 13.2 Å². The first-order valence-electron chi connectivity index (χ1n) is 6.29. The predicted molar refractivity (Wildman–Crippen MR) is 72.8 cm³/mol. The van der Waals surface area contributed by atoms with Crippen molar-refractivity contribution in [2.24, 2.45) is 5.41 Å². The van der Waals surface area contributed by atoms with Crippen molar-refractivity contribution in [1.82, 2.24) is 5.48 Å². The lowest BCUT2D eigenvalue weighted by molar-refractivity contribution is -0.145. The third kappa shape index (κ3) is 6.77. The summed E-state index contributed by atoms with van der Waals surface area (Å²) in [5, 5.41) is 7.71. The summed E-state index contributed by atoms with van der Waals surface area (Å²) >= 11 is 0. The Kier molecular flexibility index (Phi) is 7.35. The van der Waals surface area contributed by atoms with Crippen molar-refractivity contribution in [1.29, 1.82) is 5.41 Å². The van der Waals surface area contributed by atoms with Crippen LogP contribution in [-0.4, -0.2) is 31.0 Å². The molecule has 0 fully saturated rings. The predicted octanol–water partition coefficient (Wildman–Crippen LogP) is 1.54. The number of hydrogen-bond acceptors (Lipinski definition) is 6. The van der Waals surface area contributed by atoms with Gasteiger partial charge in [0.1, 0.15) is 5.84 Å². The fraction of sp³-hybridized carbons (Fsp3) is 0.615. The molecule has 0 aromatic heterocycles. The van der Waals surface area contributed by atoms with Gasteiger partial charge in [0.2, 0.25) is 5.76 Å². The highest BCUT2D eigenvalue weighted by Crippen LogP contribution is 2.13. The second-order valence-corrected chi connectivity index (χ2v) is 4.81. The molecule has 0 unspecified atom stereocenters. The summed E-state index contributed by atoms with van der Waals surface area (Å²) in [7, 11) is 0. The van der Waals surface area contributed by atoms with E-state index in [1.807, 2.05) is 0 Å². The molecule has 0 atom stereocenters. The van der Waals surface area contributed by atoms with Crippen LogP contribution in [-0.2, 0) is 23.9 Å². The normalized spacial score (nSPS) is 11.6. The van der Waals surface area contributed by atoms with Gasteiger partial charge in [0, 0.05) is 5.41 Å². The van der Waals surface area contributed by atoms with E-state index in [1.165, 1.54) is 0 Å². The van der Waals surface area contributed by atoms with E-state index in [0.29, 0.717) is 0 Å². The molecule has 0 bridgehead atoms. The van der Waals surface area contributed by atoms with Gasteiger partial charge < -0.3 is 14.3 Å². The van der Waals surface area contributed by atoms with Crippen LogP contribution in [0.2, 0.25) is 0 Å². The molecule has 7 nitrogen and oxygen atoms in total. The van der Waals surface area contributed by atoms with Crippen LogP contribution in [0.4, 0.5) is 0 Å². The second-order valence-electron chi connectivity index (χ2n) is 4.81. The van der Waals surface area contributed by atoms with Crippen molar-refractivity contribution in [3.05, 3.63) is 11.8 Å². The van der Waals surface area contributed by atoms with Crippen LogP contribution in [0.25, 0.3) is 0 Å². The molecule has 0 saturated carbocycles. The lowest BCUT2D eigenvalue weighted by Crippen LogP contribution is -2.35. The molecule has 0 saturated heterocycles. The van der Waals surface area contributed by atoms with Crippen molar-refractivity contribution < 1.29 is 23.9 Å². The van der Waals surface area contributed by atoms with Gasteiger partial charge in [-0.25, -0.2) is 15.1 Å². The van der Waals surface area contributed by atoms with Gasteiger partial charge >= 0.3 is 11.9 Å². The minimum Gasteiger partial charge on any atom is -0.463 e. The Morgan fingerprint density at radius 1 is 1.15 bits per heavy atom. The van der Waals surface area contributed by atoms with Crippen LogP contribution in [0.15, 0.2) is 11.8 Å². The Bertz CT molecular complexity index is 396. The van der Waals surface area contributed by atoms with E-state index in [1.54, 1.807) is 34.6 Å². The zero-order valence-electron chi connectivity index (χ0n) is 12.5. The summed E-state index contributed by atoms with van der Waals surface area (Å²) in [4.78, 5) is 27.9. The van der Waals surface area contributed by atoms with Crippen LogP contribution >= 0.6 is 0 Å². The van der Waals surface area contributed by atoms with Gasteiger partial charge in [-0.05, 0) is 13.8 Å². The number of esters is 2. The Hall–Kier alpha value is -2.05. The monoisotopic (exact) mass is 286 g/mol. The highest BCUT2D eigenvalue weighted by molar-refractivity contribution is 5.95. The molecule has 0 rings (SSSR count). The first kappa shape index (κ1) is 17.9. The van der Waals surface area contributed by atoms with E-state index >= 15 is 0 Å². The third-order valence-electron chi connectivity index (χ3n) is 2.03. The number of ether oxygens (including phenoxy) is 2. The quantitative estimate of drug-likeness (QED) is 0.192. The number of carbonyl (C=O) groups excluding carboxylic acids is 2. The molecule has 0 heterocycles. The summed E-state index contributed by atoms with van der Waals surface area (Å²) < 4.78 is 9.44. The zero-order chi connectivity index (χ0) is 15.8. The SMILES string of the molecule is CCOC(=O)C=C(ONC(=N)C(C)(C)C)C(=O)OCC. The number of rotatable bonds is 6. The van der Waals surface area contributed by atoms with Crippen LogP contribution in [0.5, 0.6) is 0 Å². The first-order chi connectivity index (χ1) is 9.22. The van der Waals surface area contributed by atoms with Crippen LogP contribution in [0.1, 0.15) is 34.6 Å². The van der Waals surface area contributed by atoms with Crippen LogP contribution in [0, 0.1) is 10.8 Å². The molecule has 0 spiro atoms. The van der Waals surface area contributed by atoms with E-state index in [-0.39, 0.29) is 24.8 Å². The highest BCUT2D eigenvalue weighted by Gasteiger charge is 2.21. The van der Waals surface area contributed by atoms with Gasteiger partial charge in [-0.2, -0.15) is 0 Å². The Morgan fingerprint density at radius 3 is 2.15 bits per heavy atom. The van der Waals surface area contributed by atoms with Crippen molar-refractivity contribution in [3.8, 4) is 0 Å². The molecule has 2 N–H and O–H groups in total. The van der Waals surface area contributed by atoms with Crippen molar-refractivity contribution in [3.63, 3.8) is 0 Å². The maximum absolute atomic E-state index is 11.6. The second kappa shape index (κ2) is 8.19. The first-order valence-corrected chi connectivity index (χ1v) is 6.29. The topological polar surface area (TPSA) is 97.7 Å². The van der Waals surface area contributed by atoms with Crippen LogP contribution < -0.4 is 5.48 Å². The van der Waals surface area contributed by atoms with Crippen LogP contribution in [0.3, 0.4) is 0 Å². The van der Waals surface area contributed by atoms with Gasteiger partial charge in [-0.3, -0.25) is 5.41 Å². The summed E-state index contributed by atoms with van der Waals surface area (Å²) in [6.07, 6.45) is 0.879. The number of nitrogens with one attached hydrogen (secondary N) is 2.